The predicted molar refractivity (Wildman–Crippen MR) is 118 cm³/mol. The summed E-state index contributed by atoms with van der Waals surface area (Å²) in [6.07, 6.45) is 5.28. The maximum atomic E-state index is 11.3. The highest BCUT2D eigenvalue weighted by molar-refractivity contribution is 7.89. The van der Waals surface area contributed by atoms with Crippen LogP contribution in [0, 0.1) is 0 Å². The first-order chi connectivity index (χ1) is 14.5. The number of hydrogen-bond donors (Lipinski definition) is 3. The average Bonchev–Trinajstić information content (AvgIpc) is 3.28. The first-order valence-corrected chi connectivity index (χ1v) is 11.2. The Morgan fingerprint density at radius 3 is 2.03 bits per heavy atom. The fourth-order valence-corrected chi connectivity index (χ4v) is 3.47. The lowest BCUT2D eigenvalue weighted by molar-refractivity contribution is 0.598. The number of benzene rings is 2. The van der Waals surface area contributed by atoms with Crippen LogP contribution in [0.5, 0.6) is 0 Å². The fraction of sp³-hybridized carbons (Fsp3) is 0.238. The largest absolute Gasteiger partial charge is 0.356 e. The summed E-state index contributed by atoms with van der Waals surface area (Å²) in [4.78, 5) is 4.35. The van der Waals surface area contributed by atoms with E-state index in [4.69, 9.17) is 5.14 Å². The van der Waals surface area contributed by atoms with E-state index in [1.54, 1.807) is 25.4 Å². The van der Waals surface area contributed by atoms with Crippen molar-refractivity contribution in [3.8, 4) is 5.69 Å². The minimum atomic E-state index is -3.65. The zero-order valence-electron chi connectivity index (χ0n) is 16.8. The molecule has 0 aliphatic carbocycles. The molecule has 0 bridgehead atoms. The van der Waals surface area contributed by atoms with Gasteiger partial charge in [-0.2, -0.15) is 5.10 Å². The summed E-state index contributed by atoms with van der Waals surface area (Å²) >= 11 is 0. The van der Waals surface area contributed by atoms with E-state index < -0.39 is 10.0 Å². The van der Waals surface area contributed by atoms with Crippen molar-refractivity contribution in [2.75, 3.05) is 20.1 Å². The van der Waals surface area contributed by atoms with Gasteiger partial charge in [-0.3, -0.25) is 4.99 Å². The first kappa shape index (κ1) is 21.5. The van der Waals surface area contributed by atoms with Crippen LogP contribution < -0.4 is 15.8 Å². The number of nitrogens with two attached hydrogens (primary N) is 1. The van der Waals surface area contributed by atoms with Crippen LogP contribution in [0.1, 0.15) is 11.1 Å². The van der Waals surface area contributed by atoms with Gasteiger partial charge >= 0.3 is 0 Å². The van der Waals surface area contributed by atoms with E-state index in [9.17, 15) is 8.42 Å². The minimum absolute atomic E-state index is 0.120. The van der Waals surface area contributed by atoms with Crippen molar-refractivity contribution >= 4 is 16.0 Å². The first-order valence-electron chi connectivity index (χ1n) is 9.61. The Kier molecular flexibility index (Phi) is 7.21. The number of guanidine groups is 1. The van der Waals surface area contributed by atoms with Crippen molar-refractivity contribution in [1.82, 2.24) is 20.4 Å². The van der Waals surface area contributed by atoms with Crippen LogP contribution >= 0.6 is 0 Å². The van der Waals surface area contributed by atoms with Gasteiger partial charge in [0.2, 0.25) is 10.0 Å². The number of sulfonamides is 1. The summed E-state index contributed by atoms with van der Waals surface area (Å²) in [5, 5.41) is 15.9. The maximum Gasteiger partial charge on any atom is 0.238 e. The Hall–Kier alpha value is -3.17. The zero-order valence-corrected chi connectivity index (χ0v) is 17.6. The van der Waals surface area contributed by atoms with Crippen LogP contribution in [0.15, 0.2) is 76.9 Å². The number of aromatic nitrogens is 2. The van der Waals surface area contributed by atoms with Crippen LogP contribution in [-0.4, -0.2) is 44.3 Å². The monoisotopic (exact) mass is 426 g/mol. The van der Waals surface area contributed by atoms with Crippen molar-refractivity contribution in [3.05, 3.63) is 78.1 Å². The maximum absolute atomic E-state index is 11.3. The highest BCUT2D eigenvalue weighted by Crippen LogP contribution is 2.10. The predicted octanol–water partition coefficient (Wildman–Crippen LogP) is 1.47. The Balaban J connectivity index is 1.40. The summed E-state index contributed by atoms with van der Waals surface area (Å²) in [6, 6.07) is 16.8. The summed E-state index contributed by atoms with van der Waals surface area (Å²) in [7, 11) is -1.92. The molecular weight excluding hydrogens is 400 g/mol. The van der Waals surface area contributed by atoms with Gasteiger partial charge in [-0.1, -0.05) is 24.3 Å². The molecule has 4 N–H and O–H groups in total. The molecule has 0 unspecified atom stereocenters. The Morgan fingerprint density at radius 2 is 1.57 bits per heavy atom. The normalized spacial score (nSPS) is 12.0. The molecule has 0 radical (unpaired) electrons. The van der Waals surface area contributed by atoms with E-state index in [2.05, 4.69) is 45.0 Å². The molecule has 0 saturated carbocycles. The SMILES string of the molecule is CN=C(NCCc1ccc(-n2cccn2)cc1)NCCc1ccc(S(N)(=O)=O)cc1. The molecule has 158 valence electrons. The molecule has 8 nitrogen and oxygen atoms in total. The lowest BCUT2D eigenvalue weighted by Gasteiger charge is -2.12. The lowest BCUT2D eigenvalue weighted by Crippen LogP contribution is -2.39. The topological polar surface area (TPSA) is 114 Å². The molecule has 2 aromatic carbocycles. The molecule has 1 aromatic heterocycles. The number of primary sulfonamides is 1. The molecule has 3 aromatic rings. The number of hydrogen-bond acceptors (Lipinski definition) is 4. The summed E-state index contributed by atoms with van der Waals surface area (Å²) in [5.41, 5.74) is 3.28. The second-order valence-corrected chi connectivity index (χ2v) is 8.29. The summed E-state index contributed by atoms with van der Waals surface area (Å²) < 4.78 is 24.4. The molecule has 0 fully saturated rings. The fourth-order valence-electron chi connectivity index (χ4n) is 2.95. The Morgan fingerprint density at radius 1 is 1.00 bits per heavy atom. The third kappa shape index (κ3) is 6.16. The second kappa shape index (κ2) is 10.0. The van der Waals surface area contributed by atoms with Crippen LogP contribution in [0.2, 0.25) is 0 Å². The van der Waals surface area contributed by atoms with Gasteiger partial charge in [-0.15, -0.1) is 0 Å². The second-order valence-electron chi connectivity index (χ2n) is 6.73. The van der Waals surface area contributed by atoms with Gasteiger partial charge in [0.15, 0.2) is 5.96 Å². The zero-order chi connectivity index (χ0) is 21.4. The molecule has 0 spiro atoms. The van der Waals surface area contributed by atoms with Gasteiger partial charge in [0.1, 0.15) is 0 Å². The van der Waals surface area contributed by atoms with Crippen molar-refractivity contribution in [2.45, 2.75) is 17.7 Å². The standard InChI is InChI=1S/C21H26N6O2S/c1-23-21(25-15-12-18-5-9-20(10-6-18)30(22,28)29)24-14-11-17-3-7-19(8-4-17)27-16-2-13-26-27/h2-10,13,16H,11-12,14-15H2,1H3,(H2,22,28,29)(H2,23,24,25). The van der Waals surface area contributed by atoms with E-state index in [1.807, 2.05) is 16.9 Å². The highest BCUT2D eigenvalue weighted by atomic mass is 32.2. The van der Waals surface area contributed by atoms with Gasteiger partial charge < -0.3 is 10.6 Å². The molecule has 0 amide bonds. The molecule has 0 saturated heterocycles. The van der Waals surface area contributed by atoms with E-state index in [0.717, 1.165) is 36.6 Å². The van der Waals surface area contributed by atoms with E-state index in [0.29, 0.717) is 6.54 Å². The van der Waals surface area contributed by atoms with Crippen LogP contribution in [-0.2, 0) is 22.9 Å². The Labute approximate surface area is 176 Å². The van der Waals surface area contributed by atoms with Gasteiger partial charge in [-0.25, -0.2) is 18.2 Å². The summed E-state index contributed by atoms with van der Waals surface area (Å²) in [6.45, 7) is 1.43. The Bertz CT molecular complexity index is 1060. The molecular formula is C21H26N6O2S. The van der Waals surface area contributed by atoms with E-state index in [1.165, 1.54) is 17.7 Å². The third-order valence-electron chi connectivity index (χ3n) is 4.59. The number of rotatable bonds is 8. The van der Waals surface area contributed by atoms with Crippen molar-refractivity contribution in [3.63, 3.8) is 0 Å². The van der Waals surface area contributed by atoms with Gasteiger partial charge in [0.25, 0.3) is 0 Å². The van der Waals surface area contributed by atoms with Crippen molar-refractivity contribution < 1.29 is 8.42 Å². The number of nitrogens with one attached hydrogen (secondary N) is 2. The molecule has 30 heavy (non-hydrogen) atoms. The van der Waals surface area contributed by atoms with E-state index >= 15 is 0 Å². The van der Waals surface area contributed by atoms with Crippen molar-refractivity contribution in [1.29, 1.82) is 0 Å². The minimum Gasteiger partial charge on any atom is -0.356 e. The summed E-state index contributed by atoms with van der Waals surface area (Å²) in [5.74, 6) is 0.726. The van der Waals surface area contributed by atoms with Crippen molar-refractivity contribution in [2.24, 2.45) is 10.1 Å². The quantitative estimate of drug-likeness (QED) is 0.373. The average molecular weight is 427 g/mol. The smallest absolute Gasteiger partial charge is 0.238 e. The molecule has 0 atom stereocenters. The van der Waals surface area contributed by atoms with E-state index in [-0.39, 0.29) is 4.90 Å². The number of aliphatic imine (C=N–C) groups is 1. The molecule has 0 aliphatic heterocycles. The molecule has 1 heterocycles. The lowest BCUT2D eigenvalue weighted by atomic mass is 10.1. The molecule has 9 heteroatoms. The van der Waals surface area contributed by atoms with Crippen LogP contribution in [0.4, 0.5) is 0 Å². The number of nitrogens with zero attached hydrogens (tertiary/aromatic N) is 3. The highest BCUT2D eigenvalue weighted by Gasteiger charge is 2.06. The third-order valence-corrected chi connectivity index (χ3v) is 5.52. The van der Waals surface area contributed by atoms with Gasteiger partial charge in [0, 0.05) is 32.5 Å². The van der Waals surface area contributed by atoms with Crippen LogP contribution in [0.3, 0.4) is 0 Å². The van der Waals surface area contributed by atoms with Gasteiger partial charge in [-0.05, 0) is 54.3 Å². The molecule has 3 rings (SSSR count). The van der Waals surface area contributed by atoms with Crippen LogP contribution in [0.25, 0.3) is 5.69 Å². The van der Waals surface area contributed by atoms with Gasteiger partial charge in [0.05, 0.1) is 10.6 Å². The molecule has 0 aliphatic rings.